The lowest BCUT2D eigenvalue weighted by molar-refractivity contribution is 0.0248. The Kier molecular flexibility index (Phi) is 3.71. The number of hydrogen-bond donors (Lipinski definition) is 4. The normalized spacial score (nSPS) is 15.1. The zero-order valence-electron chi connectivity index (χ0n) is 7.52. The van der Waals surface area contributed by atoms with Gasteiger partial charge in [0.1, 0.15) is 6.10 Å². The lowest BCUT2D eigenvalue weighted by atomic mass is 10.0. The summed E-state index contributed by atoms with van der Waals surface area (Å²) >= 11 is 5.69. The minimum absolute atomic E-state index is 0.0246. The van der Waals surface area contributed by atoms with Crippen molar-refractivity contribution in [1.82, 2.24) is 0 Å². The number of benzene rings is 1. The van der Waals surface area contributed by atoms with E-state index < -0.39 is 12.2 Å². The first-order chi connectivity index (χ1) is 6.56. The molecule has 1 aromatic rings. The zero-order chi connectivity index (χ0) is 10.7. The lowest BCUT2D eigenvalue weighted by Crippen LogP contribution is -2.27. The molecule has 0 aliphatic carbocycles. The predicted octanol–water partition coefficient (Wildman–Crippen LogP) is 0.275. The highest BCUT2D eigenvalue weighted by Crippen LogP contribution is 2.25. The smallest absolute Gasteiger partial charge is 0.108 e. The second-order valence-corrected chi connectivity index (χ2v) is 3.46. The molecule has 78 valence electrons. The van der Waals surface area contributed by atoms with Crippen molar-refractivity contribution in [2.24, 2.45) is 5.73 Å². The summed E-state index contributed by atoms with van der Waals surface area (Å²) in [5.41, 5.74) is 11.6. The number of hydrogen-bond acceptors (Lipinski definition) is 4. The third kappa shape index (κ3) is 2.36. The van der Waals surface area contributed by atoms with Crippen LogP contribution in [0.5, 0.6) is 0 Å². The Morgan fingerprint density at radius 3 is 2.50 bits per heavy atom. The fourth-order valence-corrected chi connectivity index (χ4v) is 1.33. The molecule has 0 aromatic heterocycles. The van der Waals surface area contributed by atoms with Gasteiger partial charge in [0, 0.05) is 22.8 Å². The van der Waals surface area contributed by atoms with Gasteiger partial charge in [-0.15, -0.1) is 0 Å². The summed E-state index contributed by atoms with van der Waals surface area (Å²) in [6.07, 6.45) is -2.09. The molecule has 6 N–H and O–H groups in total. The molecule has 0 heterocycles. The van der Waals surface area contributed by atoms with Crippen molar-refractivity contribution in [3.8, 4) is 0 Å². The fourth-order valence-electron chi connectivity index (χ4n) is 1.15. The number of aliphatic hydroxyl groups is 2. The Morgan fingerprint density at radius 1 is 1.36 bits per heavy atom. The average molecular weight is 217 g/mol. The standard InChI is InChI=1S/C9H13ClN2O2/c10-5-1-2-6(7(12)3-5)9(14)8(13)4-11/h1-3,8-9,13-14H,4,11-12H2. The zero-order valence-corrected chi connectivity index (χ0v) is 8.28. The van der Waals surface area contributed by atoms with Crippen LogP contribution in [0.1, 0.15) is 11.7 Å². The molecule has 4 nitrogen and oxygen atoms in total. The SMILES string of the molecule is NCC(O)C(O)c1ccc(Cl)cc1N. The van der Waals surface area contributed by atoms with Crippen molar-refractivity contribution in [3.05, 3.63) is 28.8 Å². The van der Waals surface area contributed by atoms with Crippen LogP contribution in [0.3, 0.4) is 0 Å². The molecular weight excluding hydrogens is 204 g/mol. The van der Waals surface area contributed by atoms with Gasteiger partial charge in [0.2, 0.25) is 0 Å². The number of rotatable bonds is 3. The Bertz CT molecular complexity index is 320. The van der Waals surface area contributed by atoms with Crippen molar-refractivity contribution in [2.75, 3.05) is 12.3 Å². The van der Waals surface area contributed by atoms with Crippen molar-refractivity contribution in [2.45, 2.75) is 12.2 Å². The molecular formula is C9H13ClN2O2. The molecule has 1 aromatic carbocycles. The predicted molar refractivity (Wildman–Crippen MR) is 55.9 cm³/mol. The number of aliphatic hydroxyl groups excluding tert-OH is 2. The maximum absolute atomic E-state index is 9.61. The monoisotopic (exact) mass is 216 g/mol. The molecule has 0 spiro atoms. The highest BCUT2D eigenvalue weighted by Gasteiger charge is 2.18. The van der Waals surface area contributed by atoms with Crippen LogP contribution in [-0.2, 0) is 0 Å². The third-order valence-corrected chi connectivity index (χ3v) is 2.21. The topological polar surface area (TPSA) is 92.5 Å². The van der Waals surface area contributed by atoms with Crippen LogP contribution in [0.25, 0.3) is 0 Å². The molecule has 2 unspecified atom stereocenters. The fraction of sp³-hybridized carbons (Fsp3) is 0.333. The van der Waals surface area contributed by atoms with Crippen molar-refractivity contribution in [3.63, 3.8) is 0 Å². The summed E-state index contributed by atoms with van der Waals surface area (Å²) in [7, 11) is 0. The molecule has 0 aliphatic rings. The first-order valence-corrected chi connectivity index (χ1v) is 4.55. The molecule has 0 saturated heterocycles. The van der Waals surface area contributed by atoms with Crippen LogP contribution in [0.2, 0.25) is 5.02 Å². The van der Waals surface area contributed by atoms with Gasteiger partial charge in [0.05, 0.1) is 6.10 Å². The Hall–Kier alpha value is -0.810. The second kappa shape index (κ2) is 4.61. The van der Waals surface area contributed by atoms with Crippen LogP contribution in [0.15, 0.2) is 18.2 Å². The summed E-state index contributed by atoms with van der Waals surface area (Å²) in [6, 6.07) is 4.68. The first kappa shape index (κ1) is 11.3. The van der Waals surface area contributed by atoms with Gasteiger partial charge < -0.3 is 21.7 Å². The molecule has 0 fully saturated rings. The van der Waals surface area contributed by atoms with Gasteiger partial charge in [-0.2, -0.15) is 0 Å². The van der Waals surface area contributed by atoms with Crippen LogP contribution < -0.4 is 11.5 Å². The molecule has 5 heteroatoms. The van der Waals surface area contributed by atoms with Crippen LogP contribution in [-0.4, -0.2) is 22.9 Å². The van der Waals surface area contributed by atoms with E-state index in [1.54, 1.807) is 12.1 Å². The van der Waals surface area contributed by atoms with Gasteiger partial charge in [-0.05, 0) is 12.1 Å². The van der Waals surface area contributed by atoms with Gasteiger partial charge in [0.25, 0.3) is 0 Å². The number of nitrogen functional groups attached to an aromatic ring is 1. The molecule has 14 heavy (non-hydrogen) atoms. The average Bonchev–Trinajstić information content (AvgIpc) is 2.15. The molecule has 0 aliphatic heterocycles. The number of halogens is 1. The van der Waals surface area contributed by atoms with E-state index in [4.69, 9.17) is 23.1 Å². The number of anilines is 1. The van der Waals surface area contributed by atoms with E-state index in [0.29, 0.717) is 16.3 Å². The van der Waals surface area contributed by atoms with Crippen LogP contribution >= 0.6 is 11.6 Å². The van der Waals surface area contributed by atoms with E-state index in [0.717, 1.165) is 0 Å². The summed E-state index contributed by atoms with van der Waals surface area (Å²) in [6.45, 7) is -0.0246. The first-order valence-electron chi connectivity index (χ1n) is 4.17. The quantitative estimate of drug-likeness (QED) is 0.546. The van der Waals surface area contributed by atoms with Gasteiger partial charge in [-0.3, -0.25) is 0 Å². The van der Waals surface area contributed by atoms with Gasteiger partial charge in [-0.25, -0.2) is 0 Å². The van der Waals surface area contributed by atoms with Crippen LogP contribution in [0, 0.1) is 0 Å². The van der Waals surface area contributed by atoms with Crippen molar-refractivity contribution < 1.29 is 10.2 Å². The van der Waals surface area contributed by atoms with E-state index in [-0.39, 0.29) is 6.54 Å². The second-order valence-electron chi connectivity index (χ2n) is 3.02. The highest BCUT2D eigenvalue weighted by molar-refractivity contribution is 6.30. The van der Waals surface area contributed by atoms with Gasteiger partial charge >= 0.3 is 0 Å². The maximum Gasteiger partial charge on any atom is 0.108 e. The minimum atomic E-state index is -1.07. The molecule has 0 amide bonds. The molecule has 0 saturated carbocycles. The highest BCUT2D eigenvalue weighted by atomic mass is 35.5. The summed E-state index contributed by atoms with van der Waals surface area (Å²) < 4.78 is 0. The van der Waals surface area contributed by atoms with Gasteiger partial charge in [0.15, 0.2) is 0 Å². The van der Waals surface area contributed by atoms with Gasteiger partial charge in [-0.1, -0.05) is 17.7 Å². The maximum atomic E-state index is 9.61. The summed E-state index contributed by atoms with van der Waals surface area (Å²) in [4.78, 5) is 0. The summed E-state index contributed by atoms with van der Waals surface area (Å²) in [5.74, 6) is 0. The molecule has 2 atom stereocenters. The van der Waals surface area contributed by atoms with E-state index in [1.807, 2.05) is 0 Å². The van der Waals surface area contributed by atoms with Crippen LogP contribution in [0.4, 0.5) is 5.69 Å². The third-order valence-electron chi connectivity index (χ3n) is 1.97. The Balaban J connectivity index is 2.95. The molecule has 1 rings (SSSR count). The largest absolute Gasteiger partial charge is 0.398 e. The minimum Gasteiger partial charge on any atom is -0.398 e. The van der Waals surface area contributed by atoms with E-state index in [9.17, 15) is 10.2 Å². The van der Waals surface area contributed by atoms with Crippen molar-refractivity contribution in [1.29, 1.82) is 0 Å². The van der Waals surface area contributed by atoms with E-state index >= 15 is 0 Å². The summed E-state index contributed by atoms with van der Waals surface area (Å²) in [5, 5.41) is 19.4. The Labute approximate surface area is 87.1 Å². The molecule has 0 radical (unpaired) electrons. The van der Waals surface area contributed by atoms with E-state index in [1.165, 1.54) is 6.07 Å². The van der Waals surface area contributed by atoms with E-state index in [2.05, 4.69) is 0 Å². The number of nitrogens with two attached hydrogens (primary N) is 2. The molecule has 0 bridgehead atoms. The lowest BCUT2D eigenvalue weighted by Gasteiger charge is -2.18. The Morgan fingerprint density at radius 2 is 2.00 bits per heavy atom. The van der Waals surface area contributed by atoms with Crippen molar-refractivity contribution >= 4 is 17.3 Å².